The second-order valence-electron chi connectivity index (χ2n) is 7.85. The van der Waals surface area contributed by atoms with Crippen LogP contribution in [0.4, 0.5) is 0 Å². The summed E-state index contributed by atoms with van der Waals surface area (Å²) in [6.07, 6.45) is 2.20. The number of aromatic nitrogens is 2. The van der Waals surface area contributed by atoms with Crippen LogP contribution in [0.2, 0.25) is 0 Å². The Hall–Kier alpha value is -3.30. The van der Waals surface area contributed by atoms with Crippen molar-refractivity contribution in [1.82, 2.24) is 9.13 Å². The molecule has 2 N–H and O–H groups in total. The third-order valence-electron chi connectivity index (χ3n) is 6.40. The van der Waals surface area contributed by atoms with Gasteiger partial charge in [0.2, 0.25) is 0 Å². The first-order valence-electron chi connectivity index (χ1n) is 10.5. The van der Waals surface area contributed by atoms with E-state index in [9.17, 15) is 0 Å². The van der Waals surface area contributed by atoms with Crippen molar-refractivity contribution in [3.05, 3.63) is 102 Å². The molecule has 3 nitrogen and oxygen atoms in total. The summed E-state index contributed by atoms with van der Waals surface area (Å²) in [4.78, 5) is 0. The lowest BCUT2D eigenvalue weighted by molar-refractivity contribution is -0.702. The summed E-state index contributed by atoms with van der Waals surface area (Å²) in [7, 11) is 0. The van der Waals surface area contributed by atoms with Crippen LogP contribution in [0.3, 0.4) is 0 Å². The zero-order valence-electron chi connectivity index (χ0n) is 16.5. The van der Waals surface area contributed by atoms with Crippen LogP contribution in [0.5, 0.6) is 0 Å². The van der Waals surface area contributed by atoms with Gasteiger partial charge in [0.15, 0.2) is 6.04 Å². The minimum atomic E-state index is 0.261. The first kappa shape index (κ1) is 16.6. The van der Waals surface area contributed by atoms with Gasteiger partial charge >= 0.3 is 0 Å². The Morgan fingerprint density at radius 3 is 2.62 bits per heavy atom. The molecular weight excluding hydrogens is 354 g/mol. The van der Waals surface area contributed by atoms with Crippen molar-refractivity contribution in [2.45, 2.75) is 26.1 Å². The summed E-state index contributed by atoms with van der Waals surface area (Å²) in [5.74, 6) is 0. The van der Waals surface area contributed by atoms with Crippen LogP contribution in [-0.2, 0) is 13.1 Å². The fourth-order valence-corrected chi connectivity index (χ4v) is 5.16. The van der Waals surface area contributed by atoms with Gasteiger partial charge in [-0.3, -0.25) is 0 Å². The first-order valence-corrected chi connectivity index (χ1v) is 10.5. The lowest BCUT2D eigenvalue weighted by atomic mass is 9.97. The Balaban J connectivity index is 1.64. The van der Waals surface area contributed by atoms with E-state index in [1.807, 2.05) is 0 Å². The molecule has 0 aliphatic carbocycles. The fourth-order valence-electron chi connectivity index (χ4n) is 5.16. The number of quaternary nitrogens is 1. The van der Waals surface area contributed by atoms with E-state index in [0.29, 0.717) is 0 Å². The monoisotopic (exact) mass is 378 g/mol. The van der Waals surface area contributed by atoms with Gasteiger partial charge in [-0.1, -0.05) is 48.5 Å². The predicted molar refractivity (Wildman–Crippen MR) is 118 cm³/mol. The molecule has 3 heterocycles. The number of para-hydroxylation sites is 2. The van der Waals surface area contributed by atoms with Gasteiger partial charge in [0, 0.05) is 45.7 Å². The normalized spacial score (nSPS) is 16.0. The average molecular weight is 378 g/mol. The third-order valence-corrected chi connectivity index (χ3v) is 6.40. The Kier molecular flexibility index (Phi) is 3.65. The summed E-state index contributed by atoms with van der Waals surface area (Å²) < 4.78 is 4.82. The number of hydrogen-bond donors (Lipinski definition) is 1. The molecule has 2 aromatic heterocycles. The average Bonchev–Trinajstić information content (AvgIpc) is 3.33. The Morgan fingerprint density at radius 1 is 0.862 bits per heavy atom. The number of benzene rings is 3. The summed E-state index contributed by atoms with van der Waals surface area (Å²) in [5.41, 5.74) is 8.09. The van der Waals surface area contributed by atoms with Crippen LogP contribution < -0.4 is 5.32 Å². The number of fused-ring (bicyclic) bond motifs is 6. The molecule has 0 radical (unpaired) electrons. The van der Waals surface area contributed by atoms with E-state index in [1.165, 1.54) is 44.3 Å². The van der Waals surface area contributed by atoms with Crippen LogP contribution in [0.1, 0.15) is 29.8 Å². The van der Waals surface area contributed by atoms with E-state index < -0.39 is 0 Å². The zero-order chi connectivity index (χ0) is 19.4. The largest absolute Gasteiger partial charge is 0.341 e. The van der Waals surface area contributed by atoms with Crippen LogP contribution in [-0.4, -0.2) is 9.13 Å². The SMILES string of the molecule is CCn1c2ccccc2c2c([C@@H]3[NH2+]Cc4ccccc4-n4cccc43)cccc21. The molecule has 1 atom stereocenters. The van der Waals surface area contributed by atoms with Gasteiger partial charge < -0.3 is 14.5 Å². The van der Waals surface area contributed by atoms with Crippen molar-refractivity contribution in [3.8, 4) is 5.69 Å². The number of rotatable bonds is 2. The van der Waals surface area contributed by atoms with E-state index in [4.69, 9.17) is 0 Å². The molecule has 1 aliphatic heterocycles. The van der Waals surface area contributed by atoms with Crippen LogP contribution in [0.15, 0.2) is 85.1 Å². The fraction of sp³-hybridized carbons (Fsp3) is 0.154. The summed E-state index contributed by atoms with van der Waals surface area (Å²) >= 11 is 0. The molecule has 0 unspecified atom stereocenters. The van der Waals surface area contributed by atoms with Crippen molar-refractivity contribution in [1.29, 1.82) is 0 Å². The number of nitrogens with zero attached hydrogens (tertiary/aromatic N) is 2. The highest BCUT2D eigenvalue weighted by Gasteiger charge is 2.28. The van der Waals surface area contributed by atoms with E-state index >= 15 is 0 Å². The lowest BCUT2D eigenvalue weighted by Crippen LogP contribution is -2.83. The number of nitrogens with two attached hydrogens (primary N) is 1. The van der Waals surface area contributed by atoms with Crippen LogP contribution in [0.25, 0.3) is 27.5 Å². The van der Waals surface area contributed by atoms with E-state index in [2.05, 4.69) is 106 Å². The highest BCUT2D eigenvalue weighted by atomic mass is 15.1. The Labute approximate surface area is 170 Å². The third kappa shape index (κ3) is 2.34. The maximum Gasteiger partial charge on any atom is 0.154 e. The second-order valence-corrected chi connectivity index (χ2v) is 7.85. The van der Waals surface area contributed by atoms with Gasteiger partial charge in [-0.25, -0.2) is 0 Å². The van der Waals surface area contributed by atoms with Crippen molar-refractivity contribution in [2.75, 3.05) is 0 Å². The molecule has 0 saturated heterocycles. The summed E-state index contributed by atoms with van der Waals surface area (Å²) in [6.45, 7) is 4.19. The maximum absolute atomic E-state index is 2.49. The van der Waals surface area contributed by atoms with Crippen molar-refractivity contribution in [3.63, 3.8) is 0 Å². The second kappa shape index (κ2) is 6.36. The number of aryl methyl sites for hydroxylation is 1. The lowest BCUT2D eigenvalue weighted by Gasteiger charge is -2.16. The Morgan fingerprint density at radius 2 is 1.69 bits per heavy atom. The van der Waals surface area contributed by atoms with Crippen molar-refractivity contribution >= 4 is 21.8 Å². The van der Waals surface area contributed by atoms with Crippen molar-refractivity contribution < 1.29 is 5.32 Å². The molecule has 3 heteroatoms. The molecule has 29 heavy (non-hydrogen) atoms. The van der Waals surface area contributed by atoms with Gasteiger partial charge in [0.1, 0.15) is 6.54 Å². The molecule has 0 bridgehead atoms. The molecule has 3 aromatic carbocycles. The molecule has 0 amide bonds. The van der Waals surface area contributed by atoms with E-state index in [-0.39, 0.29) is 6.04 Å². The smallest absolute Gasteiger partial charge is 0.154 e. The predicted octanol–water partition coefficient (Wildman–Crippen LogP) is 4.77. The standard InChI is InChI=1S/C26H23N3/c1-2-28-22-13-6-4-10-19(22)25-20(11-7-14-23(25)28)26-24-15-8-16-29(24)21-12-5-3-9-18(21)17-27-26/h3-16,26-27H,2,17H2,1H3/p+1/t26-/m0/s1. The topological polar surface area (TPSA) is 26.5 Å². The molecule has 142 valence electrons. The Bertz CT molecular complexity index is 1360. The van der Waals surface area contributed by atoms with E-state index in [0.717, 1.165) is 13.1 Å². The molecule has 6 rings (SSSR count). The van der Waals surface area contributed by atoms with Crippen LogP contribution >= 0.6 is 0 Å². The van der Waals surface area contributed by atoms with Gasteiger partial charge in [-0.15, -0.1) is 0 Å². The summed E-state index contributed by atoms with van der Waals surface area (Å²) in [5, 5.41) is 5.24. The number of hydrogen-bond acceptors (Lipinski definition) is 0. The molecule has 1 aliphatic rings. The molecular formula is C26H24N3+. The van der Waals surface area contributed by atoms with Gasteiger partial charge in [0.25, 0.3) is 0 Å². The van der Waals surface area contributed by atoms with Crippen molar-refractivity contribution in [2.24, 2.45) is 0 Å². The van der Waals surface area contributed by atoms with E-state index in [1.54, 1.807) is 0 Å². The zero-order valence-corrected chi connectivity index (χ0v) is 16.5. The van der Waals surface area contributed by atoms with Crippen LogP contribution in [0, 0.1) is 0 Å². The first-order chi connectivity index (χ1) is 14.4. The molecule has 0 spiro atoms. The van der Waals surface area contributed by atoms with Gasteiger partial charge in [0.05, 0.1) is 11.4 Å². The highest BCUT2D eigenvalue weighted by molar-refractivity contribution is 6.10. The van der Waals surface area contributed by atoms with Gasteiger partial charge in [-0.05, 0) is 37.3 Å². The summed E-state index contributed by atoms with van der Waals surface area (Å²) in [6, 6.07) is 29.1. The molecule has 0 fully saturated rings. The highest BCUT2D eigenvalue weighted by Crippen LogP contribution is 2.36. The minimum Gasteiger partial charge on any atom is -0.341 e. The molecule has 0 saturated carbocycles. The quantitative estimate of drug-likeness (QED) is 0.458. The minimum absolute atomic E-state index is 0.261. The maximum atomic E-state index is 2.49. The van der Waals surface area contributed by atoms with Gasteiger partial charge in [-0.2, -0.15) is 0 Å². The molecule has 5 aromatic rings.